The predicted octanol–water partition coefficient (Wildman–Crippen LogP) is 5.65. The quantitative estimate of drug-likeness (QED) is 0.225. The Kier molecular flexibility index (Phi) is 6.75. The average molecular weight is 575 g/mol. The molecule has 10 nitrogen and oxygen atoms in total. The first kappa shape index (κ1) is 23.3. The number of aromatic nitrogens is 4. The minimum atomic E-state index is -0.605. The maximum Gasteiger partial charge on any atom is 0.404 e. The lowest BCUT2D eigenvalue weighted by molar-refractivity contribution is -0.390. The molecule has 0 aliphatic rings. The van der Waals surface area contributed by atoms with Crippen molar-refractivity contribution in [1.82, 2.24) is 19.6 Å². The van der Waals surface area contributed by atoms with E-state index in [2.05, 4.69) is 31.4 Å². The van der Waals surface area contributed by atoms with Gasteiger partial charge in [-0.2, -0.15) is 9.78 Å². The van der Waals surface area contributed by atoms with Gasteiger partial charge in [0.15, 0.2) is 11.6 Å². The number of anilines is 1. The Morgan fingerprint density at radius 1 is 1.06 bits per heavy atom. The summed E-state index contributed by atoms with van der Waals surface area (Å²) in [5.74, 6) is -0.324. The molecule has 3 aromatic heterocycles. The van der Waals surface area contributed by atoms with Crippen LogP contribution in [0.25, 0.3) is 0 Å². The first-order chi connectivity index (χ1) is 15.7. The Morgan fingerprint density at radius 3 is 2.52 bits per heavy atom. The summed E-state index contributed by atoms with van der Waals surface area (Å²) in [6.45, 7) is 0.460. The summed E-state index contributed by atoms with van der Waals surface area (Å²) in [7, 11) is 0. The van der Waals surface area contributed by atoms with Crippen molar-refractivity contribution < 1.29 is 14.1 Å². The van der Waals surface area contributed by atoms with Gasteiger partial charge < -0.3 is 19.8 Å². The van der Waals surface area contributed by atoms with E-state index in [9.17, 15) is 14.9 Å². The number of carbonyl (C=O) groups excluding carboxylic acids is 1. The van der Waals surface area contributed by atoms with Crippen LogP contribution < -0.4 is 5.32 Å². The summed E-state index contributed by atoms with van der Waals surface area (Å²) < 4.78 is 8.65. The number of furan rings is 1. The summed E-state index contributed by atoms with van der Waals surface area (Å²) in [5, 5.41) is 22.7. The Morgan fingerprint density at radius 2 is 1.82 bits per heavy atom. The van der Waals surface area contributed by atoms with Crippen molar-refractivity contribution in [2.75, 3.05) is 5.32 Å². The molecule has 14 heteroatoms. The fourth-order valence-corrected chi connectivity index (χ4v) is 3.87. The molecular formula is C19H12BrCl3N6O4. The van der Waals surface area contributed by atoms with Crippen LogP contribution in [0, 0.1) is 10.1 Å². The molecule has 3 heterocycles. The molecule has 0 atom stereocenters. The number of rotatable bonds is 7. The van der Waals surface area contributed by atoms with Gasteiger partial charge in [0.05, 0.1) is 27.9 Å². The fraction of sp³-hybridized carbons (Fsp3) is 0.105. The van der Waals surface area contributed by atoms with Gasteiger partial charge in [0.1, 0.15) is 21.8 Å². The lowest BCUT2D eigenvalue weighted by atomic mass is 10.2. The largest absolute Gasteiger partial charge is 0.454 e. The van der Waals surface area contributed by atoms with Crippen molar-refractivity contribution in [3.63, 3.8) is 0 Å². The molecule has 33 heavy (non-hydrogen) atoms. The lowest BCUT2D eigenvalue weighted by Crippen LogP contribution is -2.12. The monoisotopic (exact) mass is 572 g/mol. The van der Waals surface area contributed by atoms with Crippen LogP contribution in [0.2, 0.25) is 15.1 Å². The highest BCUT2D eigenvalue weighted by molar-refractivity contribution is 9.10. The Bertz CT molecular complexity index is 1370. The normalized spacial score (nSPS) is 11.0. The van der Waals surface area contributed by atoms with Crippen molar-refractivity contribution in [3.8, 4) is 0 Å². The van der Waals surface area contributed by atoms with E-state index in [0.717, 1.165) is 5.56 Å². The van der Waals surface area contributed by atoms with Gasteiger partial charge >= 0.3 is 5.82 Å². The first-order valence-electron chi connectivity index (χ1n) is 9.14. The number of hydrogen-bond acceptors (Lipinski definition) is 6. The van der Waals surface area contributed by atoms with E-state index in [1.807, 2.05) is 0 Å². The van der Waals surface area contributed by atoms with Crippen molar-refractivity contribution >= 4 is 68.3 Å². The Balaban J connectivity index is 1.42. The SMILES string of the molecule is O=C(Nc1nn(Cc2ccc(Cl)c(Cl)c2)cc1Cl)c1ccc(Cn2cc(Br)c([N+](=O)[O-])n2)o1. The summed E-state index contributed by atoms with van der Waals surface area (Å²) in [6.07, 6.45) is 3.01. The second-order valence-electron chi connectivity index (χ2n) is 6.75. The van der Waals surface area contributed by atoms with Crippen LogP contribution in [0.1, 0.15) is 21.9 Å². The molecule has 0 bridgehead atoms. The lowest BCUT2D eigenvalue weighted by Gasteiger charge is -2.04. The van der Waals surface area contributed by atoms with Crippen molar-refractivity contribution in [2.24, 2.45) is 0 Å². The van der Waals surface area contributed by atoms with Crippen molar-refractivity contribution in [1.29, 1.82) is 0 Å². The van der Waals surface area contributed by atoms with Gasteiger partial charge in [-0.05, 0) is 50.7 Å². The molecular weight excluding hydrogens is 563 g/mol. The molecule has 4 rings (SSSR count). The molecule has 0 saturated carbocycles. The maximum absolute atomic E-state index is 12.6. The standard InChI is InChI=1S/C19H12BrCl3N6O4/c20-12-8-28(26-18(12)29(31)32)7-11-2-4-16(33-11)19(30)24-17-15(23)9-27(25-17)6-10-1-3-13(21)14(22)5-10/h1-5,8-9H,6-7H2,(H,24,25,30). The van der Waals surface area contributed by atoms with Crippen LogP contribution in [0.5, 0.6) is 0 Å². The van der Waals surface area contributed by atoms with E-state index in [4.69, 9.17) is 39.2 Å². The smallest absolute Gasteiger partial charge is 0.404 e. The molecule has 0 spiro atoms. The third kappa shape index (κ3) is 5.38. The molecule has 0 aliphatic heterocycles. The number of carbonyl (C=O) groups is 1. The van der Waals surface area contributed by atoms with E-state index in [0.29, 0.717) is 22.4 Å². The average Bonchev–Trinajstić information content (AvgIpc) is 3.45. The molecule has 170 valence electrons. The molecule has 1 N–H and O–H groups in total. The molecule has 0 unspecified atom stereocenters. The second-order valence-corrected chi connectivity index (χ2v) is 8.82. The van der Waals surface area contributed by atoms with Crippen molar-refractivity contribution in [3.05, 3.63) is 89.5 Å². The fourth-order valence-electron chi connectivity index (χ4n) is 2.89. The van der Waals surface area contributed by atoms with Gasteiger partial charge in [0.2, 0.25) is 0 Å². The summed E-state index contributed by atoms with van der Waals surface area (Å²) in [4.78, 5) is 22.9. The van der Waals surface area contributed by atoms with Gasteiger partial charge in [-0.1, -0.05) is 40.9 Å². The van der Waals surface area contributed by atoms with Crippen LogP contribution in [0.4, 0.5) is 11.6 Å². The Labute approximate surface area is 209 Å². The maximum atomic E-state index is 12.6. The van der Waals surface area contributed by atoms with E-state index in [1.54, 1.807) is 35.1 Å². The van der Waals surface area contributed by atoms with Crippen LogP contribution in [0.15, 0.2) is 51.6 Å². The van der Waals surface area contributed by atoms with E-state index in [-0.39, 0.29) is 33.4 Å². The minimum Gasteiger partial charge on any atom is -0.454 e. The van der Waals surface area contributed by atoms with Crippen LogP contribution >= 0.6 is 50.7 Å². The topological polar surface area (TPSA) is 121 Å². The summed E-state index contributed by atoms with van der Waals surface area (Å²) in [5.41, 5.74) is 0.850. The van der Waals surface area contributed by atoms with Gasteiger partial charge in [-0.3, -0.25) is 9.48 Å². The number of nitrogens with zero attached hydrogens (tertiary/aromatic N) is 5. The number of nitro groups is 1. The van der Waals surface area contributed by atoms with E-state index in [1.165, 1.54) is 16.9 Å². The summed E-state index contributed by atoms with van der Waals surface area (Å²) >= 11 is 21.3. The van der Waals surface area contributed by atoms with Crippen LogP contribution in [-0.4, -0.2) is 30.4 Å². The van der Waals surface area contributed by atoms with E-state index >= 15 is 0 Å². The van der Waals surface area contributed by atoms with Gasteiger partial charge in [0.25, 0.3) is 5.91 Å². The highest BCUT2D eigenvalue weighted by atomic mass is 79.9. The Hall–Kier alpha value is -2.86. The second kappa shape index (κ2) is 9.56. The number of hydrogen-bond donors (Lipinski definition) is 1. The third-order valence-corrected chi connectivity index (χ3v) is 5.93. The van der Waals surface area contributed by atoms with Gasteiger partial charge in [-0.15, -0.1) is 0 Å². The predicted molar refractivity (Wildman–Crippen MR) is 125 cm³/mol. The summed E-state index contributed by atoms with van der Waals surface area (Å²) in [6, 6.07) is 8.24. The zero-order valence-corrected chi connectivity index (χ0v) is 20.2. The molecule has 0 aliphatic carbocycles. The molecule has 4 aromatic rings. The third-order valence-electron chi connectivity index (χ3n) is 4.35. The number of benzene rings is 1. The van der Waals surface area contributed by atoms with Crippen LogP contribution in [0.3, 0.4) is 0 Å². The number of halogens is 4. The first-order valence-corrected chi connectivity index (χ1v) is 11.1. The molecule has 1 amide bonds. The van der Waals surface area contributed by atoms with Gasteiger partial charge in [0, 0.05) is 6.20 Å². The van der Waals surface area contributed by atoms with Gasteiger partial charge in [-0.25, -0.2) is 0 Å². The minimum absolute atomic E-state index is 0.0146. The number of nitrogens with one attached hydrogen (secondary N) is 1. The van der Waals surface area contributed by atoms with E-state index < -0.39 is 10.8 Å². The molecule has 0 saturated heterocycles. The van der Waals surface area contributed by atoms with Crippen molar-refractivity contribution in [2.45, 2.75) is 13.1 Å². The molecule has 0 radical (unpaired) electrons. The highest BCUT2D eigenvalue weighted by Crippen LogP contribution is 2.25. The zero-order chi connectivity index (χ0) is 23.7. The highest BCUT2D eigenvalue weighted by Gasteiger charge is 2.20. The number of amides is 1. The van der Waals surface area contributed by atoms with Crippen LogP contribution in [-0.2, 0) is 13.1 Å². The molecule has 0 fully saturated rings. The zero-order valence-electron chi connectivity index (χ0n) is 16.3. The molecule has 1 aromatic carbocycles.